The lowest BCUT2D eigenvalue weighted by Crippen LogP contribution is -2.19. The smallest absolute Gasteiger partial charge is 0.137 e. The minimum Gasteiger partial charge on any atom is -0.492 e. The topological polar surface area (TPSA) is 40.2 Å². The number of nitrogens with two attached hydrogens (primary N) is 1. The zero-order valence-electron chi connectivity index (χ0n) is 12.6. The highest BCUT2D eigenvalue weighted by Crippen LogP contribution is 2.18. The first-order valence-electron chi connectivity index (χ1n) is 7.11. The van der Waals surface area contributed by atoms with E-state index in [9.17, 15) is 0 Å². The summed E-state index contributed by atoms with van der Waals surface area (Å²) in [5.41, 5.74) is 7.57. The molecule has 1 heterocycles. The fourth-order valence-electron chi connectivity index (χ4n) is 2.06. The highest BCUT2D eigenvalue weighted by Gasteiger charge is 2.11. The van der Waals surface area contributed by atoms with Crippen LogP contribution in [-0.2, 0) is 0 Å². The first-order valence-corrected chi connectivity index (χ1v) is 10.8. The fourth-order valence-corrected chi connectivity index (χ4v) is 3.27. The summed E-state index contributed by atoms with van der Waals surface area (Å²) in [5.74, 6) is 0.928. The zero-order valence-corrected chi connectivity index (χ0v) is 13.6. The summed E-state index contributed by atoms with van der Waals surface area (Å²) in [6, 6.07) is 11.1. The molecule has 0 saturated carbocycles. The summed E-state index contributed by atoms with van der Waals surface area (Å²) in [4.78, 5) is 0. The van der Waals surface area contributed by atoms with E-state index in [1.54, 1.807) is 0 Å². The Hall–Kier alpha value is -1.68. The van der Waals surface area contributed by atoms with Gasteiger partial charge in [-0.15, -0.1) is 0 Å². The molecule has 20 heavy (non-hydrogen) atoms. The number of benzene rings is 1. The molecule has 2 N–H and O–H groups in total. The Morgan fingerprint density at radius 2 is 1.80 bits per heavy atom. The van der Waals surface area contributed by atoms with Crippen molar-refractivity contribution < 1.29 is 4.74 Å². The van der Waals surface area contributed by atoms with Crippen LogP contribution in [0.2, 0.25) is 25.7 Å². The minimum atomic E-state index is -0.945. The van der Waals surface area contributed by atoms with Crippen LogP contribution < -0.4 is 10.5 Å². The summed E-state index contributed by atoms with van der Waals surface area (Å²) >= 11 is 0. The third kappa shape index (κ3) is 4.45. The molecule has 0 aliphatic rings. The number of nitrogen functional groups attached to an aromatic ring is 1. The van der Waals surface area contributed by atoms with Crippen LogP contribution in [0.4, 0.5) is 5.69 Å². The van der Waals surface area contributed by atoms with Crippen molar-refractivity contribution in [2.45, 2.75) is 32.1 Å². The first-order chi connectivity index (χ1) is 9.44. The number of ether oxygens (including phenoxy) is 1. The molecule has 1 aromatic heterocycles. The van der Waals surface area contributed by atoms with Crippen molar-refractivity contribution in [2.24, 2.45) is 0 Å². The van der Waals surface area contributed by atoms with E-state index in [0.29, 0.717) is 0 Å². The maximum Gasteiger partial charge on any atom is 0.137 e. The molecule has 1 aromatic carbocycles. The van der Waals surface area contributed by atoms with Gasteiger partial charge in [-0.05, 0) is 36.8 Å². The van der Waals surface area contributed by atoms with Gasteiger partial charge in [0.05, 0.1) is 12.8 Å². The number of rotatable bonds is 6. The number of hydrogen-bond acceptors (Lipinski definition) is 2. The molecule has 4 heteroatoms. The highest BCUT2D eigenvalue weighted by molar-refractivity contribution is 6.76. The van der Waals surface area contributed by atoms with E-state index in [1.165, 1.54) is 6.04 Å². The van der Waals surface area contributed by atoms with Crippen LogP contribution >= 0.6 is 0 Å². The van der Waals surface area contributed by atoms with Crippen molar-refractivity contribution in [3.63, 3.8) is 0 Å². The van der Waals surface area contributed by atoms with Gasteiger partial charge in [0.25, 0.3) is 0 Å². The van der Waals surface area contributed by atoms with Gasteiger partial charge < -0.3 is 15.0 Å². The summed E-state index contributed by atoms with van der Waals surface area (Å²) < 4.78 is 7.85. The van der Waals surface area contributed by atoms with E-state index in [2.05, 4.69) is 19.6 Å². The Labute approximate surface area is 122 Å². The molecule has 0 amide bonds. The van der Waals surface area contributed by atoms with E-state index in [0.717, 1.165) is 30.2 Å². The van der Waals surface area contributed by atoms with Gasteiger partial charge in [0.15, 0.2) is 0 Å². The predicted molar refractivity (Wildman–Crippen MR) is 88.4 cm³/mol. The van der Waals surface area contributed by atoms with Gasteiger partial charge in [0.2, 0.25) is 0 Å². The number of aromatic nitrogens is 1. The third-order valence-corrected chi connectivity index (χ3v) is 5.05. The highest BCUT2D eigenvalue weighted by atomic mass is 28.3. The standard InChI is InChI=1S/C16H24N2OSi/c1-20(2,3)12-4-11-19-16-9-10-18(13-16)15-7-5-14(17)6-8-15/h5-10,13H,4,11-12,17H2,1-3H3. The molecule has 0 bridgehead atoms. The lowest BCUT2D eigenvalue weighted by molar-refractivity contribution is 0.317. The molecule has 0 aliphatic heterocycles. The number of nitrogens with zero attached hydrogens (tertiary/aromatic N) is 1. The van der Waals surface area contributed by atoms with Crippen LogP contribution in [0.3, 0.4) is 0 Å². The predicted octanol–water partition coefficient (Wildman–Crippen LogP) is 4.17. The lowest BCUT2D eigenvalue weighted by atomic mass is 10.3. The second-order valence-corrected chi connectivity index (χ2v) is 12.0. The minimum absolute atomic E-state index is 0.781. The van der Waals surface area contributed by atoms with E-state index >= 15 is 0 Å². The van der Waals surface area contributed by atoms with Crippen molar-refractivity contribution in [1.29, 1.82) is 0 Å². The van der Waals surface area contributed by atoms with E-state index in [1.807, 2.05) is 47.3 Å². The summed E-state index contributed by atoms with van der Waals surface area (Å²) in [6.07, 6.45) is 5.17. The SMILES string of the molecule is C[Si](C)(C)CCCOc1ccn(-c2ccc(N)cc2)c1. The molecule has 0 unspecified atom stereocenters. The van der Waals surface area contributed by atoms with Gasteiger partial charge in [-0.25, -0.2) is 0 Å². The van der Waals surface area contributed by atoms with Crippen molar-refractivity contribution in [1.82, 2.24) is 4.57 Å². The van der Waals surface area contributed by atoms with Crippen molar-refractivity contribution in [3.8, 4) is 11.4 Å². The van der Waals surface area contributed by atoms with Gasteiger partial charge >= 0.3 is 0 Å². The Balaban J connectivity index is 1.88. The molecule has 0 radical (unpaired) electrons. The lowest BCUT2D eigenvalue weighted by Gasteiger charge is -2.15. The largest absolute Gasteiger partial charge is 0.492 e. The van der Waals surface area contributed by atoms with Crippen molar-refractivity contribution in [2.75, 3.05) is 12.3 Å². The van der Waals surface area contributed by atoms with Crippen LogP contribution in [0.25, 0.3) is 5.69 Å². The van der Waals surface area contributed by atoms with Gasteiger partial charge in [-0.1, -0.05) is 25.7 Å². The normalized spacial score (nSPS) is 11.6. The van der Waals surface area contributed by atoms with Gasteiger partial charge in [0, 0.05) is 25.6 Å². The second-order valence-electron chi connectivity index (χ2n) is 6.36. The average molecular weight is 288 g/mol. The molecule has 0 atom stereocenters. The average Bonchev–Trinajstić information content (AvgIpc) is 2.83. The van der Waals surface area contributed by atoms with Crippen LogP contribution in [0.1, 0.15) is 6.42 Å². The summed E-state index contributed by atoms with van der Waals surface area (Å²) in [7, 11) is -0.945. The summed E-state index contributed by atoms with van der Waals surface area (Å²) in [5, 5.41) is 0. The number of hydrogen-bond donors (Lipinski definition) is 1. The molecular weight excluding hydrogens is 264 g/mol. The maximum absolute atomic E-state index is 5.80. The van der Waals surface area contributed by atoms with Crippen molar-refractivity contribution >= 4 is 13.8 Å². The Kier molecular flexibility index (Phi) is 4.55. The monoisotopic (exact) mass is 288 g/mol. The molecule has 3 nitrogen and oxygen atoms in total. The number of anilines is 1. The van der Waals surface area contributed by atoms with Crippen LogP contribution in [0.5, 0.6) is 5.75 Å². The Morgan fingerprint density at radius 1 is 1.10 bits per heavy atom. The molecule has 0 spiro atoms. The van der Waals surface area contributed by atoms with Gasteiger partial charge in [-0.3, -0.25) is 0 Å². The molecule has 0 aliphatic carbocycles. The van der Waals surface area contributed by atoms with Gasteiger partial charge in [-0.2, -0.15) is 0 Å². The molecule has 0 saturated heterocycles. The second kappa shape index (κ2) is 6.18. The third-order valence-electron chi connectivity index (χ3n) is 3.20. The van der Waals surface area contributed by atoms with Gasteiger partial charge in [0.1, 0.15) is 5.75 Å². The molecule has 108 valence electrons. The first kappa shape index (κ1) is 14.7. The van der Waals surface area contributed by atoms with Crippen LogP contribution in [-0.4, -0.2) is 19.2 Å². The molecule has 0 fully saturated rings. The fraction of sp³-hybridized carbons (Fsp3) is 0.375. The van der Waals surface area contributed by atoms with E-state index in [-0.39, 0.29) is 0 Å². The van der Waals surface area contributed by atoms with Crippen LogP contribution in [0, 0.1) is 0 Å². The zero-order chi connectivity index (χ0) is 14.6. The molecule has 2 aromatic rings. The molecular formula is C16H24N2OSi. The Bertz CT molecular complexity index is 540. The van der Waals surface area contributed by atoms with E-state index in [4.69, 9.17) is 10.5 Å². The Morgan fingerprint density at radius 3 is 2.45 bits per heavy atom. The van der Waals surface area contributed by atoms with Crippen molar-refractivity contribution in [3.05, 3.63) is 42.7 Å². The van der Waals surface area contributed by atoms with Crippen LogP contribution in [0.15, 0.2) is 42.7 Å². The summed E-state index contributed by atoms with van der Waals surface area (Å²) in [6.45, 7) is 7.98. The maximum atomic E-state index is 5.80. The quantitative estimate of drug-likeness (QED) is 0.492. The molecule has 2 rings (SSSR count). The van der Waals surface area contributed by atoms with E-state index < -0.39 is 8.07 Å².